The Morgan fingerprint density at radius 3 is 2.33 bits per heavy atom. The van der Waals surface area contributed by atoms with Gasteiger partial charge in [0.15, 0.2) is 0 Å². The van der Waals surface area contributed by atoms with Crippen LogP contribution in [0.1, 0.15) is 11.3 Å². The van der Waals surface area contributed by atoms with Crippen molar-refractivity contribution < 1.29 is 15.3 Å². The van der Waals surface area contributed by atoms with Crippen LogP contribution < -0.4 is 0 Å². The number of rotatable bonds is 9. The number of aliphatic hydroxyl groups is 3. The second-order valence-corrected chi connectivity index (χ2v) is 7.15. The molecule has 0 aliphatic heterocycles. The summed E-state index contributed by atoms with van der Waals surface area (Å²) in [6, 6.07) is 13.6. The van der Waals surface area contributed by atoms with Crippen molar-refractivity contribution in [1.82, 2.24) is 14.9 Å². The van der Waals surface area contributed by atoms with Crippen molar-refractivity contribution in [2.75, 3.05) is 26.3 Å². The molecule has 0 atom stereocenters. The van der Waals surface area contributed by atoms with E-state index in [1.54, 1.807) is 11.3 Å². The summed E-state index contributed by atoms with van der Waals surface area (Å²) in [5, 5.41) is 28.3. The number of aromatic nitrogens is 2. The summed E-state index contributed by atoms with van der Waals surface area (Å²) < 4.78 is 0. The van der Waals surface area contributed by atoms with E-state index in [9.17, 15) is 0 Å². The maximum absolute atomic E-state index is 9.16. The highest BCUT2D eigenvalue weighted by Crippen LogP contribution is 2.31. The first-order chi connectivity index (χ1) is 13.2. The van der Waals surface area contributed by atoms with Crippen LogP contribution in [0.5, 0.6) is 0 Å². The smallest absolute Gasteiger partial charge is 0.142 e. The van der Waals surface area contributed by atoms with Gasteiger partial charge in [-0.2, -0.15) is 0 Å². The quantitative estimate of drug-likeness (QED) is 0.523. The van der Waals surface area contributed by atoms with E-state index in [4.69, 9.17) is 20.3 Å². The van der Waals surface area contributed by atoms with Crippen LogP contribution in [-0.4, -0.2) is 56.5 Å². The van der Waals surface area contributed by atoms with Gasteiger partial charge in [0, 0.05) is 25.8 Å². The van der Waals surface area contributed by atoms with Crippen LogP contribution in [0.25, 0.3) is 21.1 Å². The third-order valence-corrected chi connectivity index (χ3v) is 5.24. The van der Waals surface area contributed by atoms with Crippen molar-refractivity contribution in [3.8, 4) is 21.1 Å². The van der Waals surface area contributed by atoms with E-state index < -0.39 is 0 Å². The van der Waals surface area contributed by atoms with Gasteiger partial charge in [-0.1, -0.05) is 30.3 Å². The van der Waals surface area contributed by atoms with Gasteiger partial charge in [0.25, 0.3) is 0 Å². The molecular weight excluding hydrogens is 362 g/mol. The molecule has 7 heteroatoms. The van der Waals surface area contributed by atoms with Gasteiger partial charge in [0.2, 0.25) is 0 Å². The van der Waals surface area contributed by atoms with Crippen LogP contribution in [0, 0.1) is 0 Å². The molecule has 0 saturated heterocycles. The number of thiazole rings is 1. The molecular formula is C20H23N3O3S. The van der Waals surface area contributed by atoms with Crippen molar-refractivity contribution in [3.05, 3.63) is 59.9 Å². The second kappa shape index (κ2) is 9.68. The van der Waals surface area contributed by atoms with E-state index in [0.29, 0.717) is 19.6 Å². The lowest BCUT2D eigenvalue weighted by Gasteiger charge is -2.19. The molecule has 0 fully saturated rings. The SMILES string of the molecule is OCCN(CCO)Cc1cccc(-c2ncc(-c3ccc(CO)cc3)s2)n1. The number of pyridine rings is 1. The minimum atomic E-state index is 0.0362. The zero-order valence-electron chi connectivity index (χ0n) is 15.0. The minimum absolute atomic E-state index is 0.0362. The molecule has 0 unspecified atom stereocenters. The van der Waals surface area contributed by atoms with E-state index in [1.807, 2.05) is 53.6 Å². The maximum Gasteiger partial charge on any atom is 0.142 e. The Hall–Kier alpha value is -2.16. The van der Waals surface area contributed by atoms with Gasteiger partial charge in [-0.25, -0.2) is 9.97 Å². The van der Waals surface area contributed by atoms with Crippen LogP contribution in [0.3, 0.4) is 0 Å². The molecule has 0 aliphatic carbocycles. The molecule has 0 bridgehead atoms. The summed E-state index contributed by atoms with van der Waals surface area (Å²) in [4.78, 5) is 12.2. The average Bonchev–Trinajstić information content (AvgIpc) is 3.19. The van der Waals surface area contributed by atoms with Crippen molar-refractivity contribution in [3.63, 3.8) is 0 Å². The topological polar surface area (TPSA) is 89.7 Å². The number of nitrogens with zero attached hydrogens (tertiary/aromatic N) is 3. The molecule has 27 heavy (non-hydrogen) atoms. The fraction of sp³-hybridized carbons (Fsp3) is 0.300. The molecule has 142 valence electrons. The van der Waals surface area contributed by atoms with Gasteiger partial charge in [-0.3, -0.25) is 4.90 Å². The Bertz CT molecular complexity index is 846. The van der Waals surface area contributed by atoms with Crippen LogP contribution in [0.15, 0.2) is 48.7 Å². The lowest BCUT2D eigenvalue weighted by molar-refractivity contribution is 0.155. The van der Waals surface area contributed by atoms with Gasteiger partial charge in [-0.15, -0.1) is 11.3 Å². The van der Waals surface area contributed by atoms with E-state index in [2.05, 4.69) is 4.98 Å². The first kappa shape index (κ1) is 19.6. The summed E-state index contributed by atoms with van der Waals surface area (Å²) in [5.41, 5.74) is 3.62. The molecule has 3 aromatic rings. The molecule has 0 radical (unpaired) electrons. The van der Waals surface area contributed by atoms with Gasteiger partial charge in [0.1, 0.15) is 5.01 Å². The molecule has 0 amide bonds. The molecule has 0 aliphatic rings. The van der Waals surface area contributed by atoms with Crippen LogP contribution in [0.4, 0.5) is 0 Å². The molecule has 0 spiro atoms. The lowest BCUT2D eigenvalue weighted by Crippen LogP contribution is -2.29. The average molecular weight is 385 g/mol. The third-order valence-electron chi connectivity index (χ3n) is 4.17. The largest absolute Gasteiger partial charge is 0.395 e. The van der Waals surface area contributed by atoms with E-state index >= 15 is 0 Å². The summed E-state index contributed by atoms with van der Waals surface area (Å²) >= 11 is 1.57. The Morgan fingerprint density at radius 2 is 1.67 bits per heavy atom. The second-order valence-electron chi connectivity index (χ2n) is 6.12. The predicted octanol–water partition coefficient (Wildman–Crippen LogP) is 2.15. The Morgan fingerprint density at radius 1 is 0.926 bits per heavy atom. The number of hydrogen-bond donors (Lipinski definition) is 3. The lowest BCUT2D eigenvalue weighted by atomic mass is 10.1. The molecule has 1 aromatic carbocycles. The zero-order chi connectivity index (χ0) is 19.1. The summed E-state index contributed by atoms with van der Waals surface area (Å²) in [7, 11) is 0. The minimum Gasteiger partial charge on any atom is -0.395 e. The van der Waals surface area contributed by atoms with Gasteiger partial charge >= 0.3 is 0 Å². The molecule has 2 heterocycles. The van der Waals surface area contributed by atoms with Crippen LogP contribution >= 0.6 is 11.3 Å². The molecule has 3 N–H and O–H groups in total. The molecule has 3 rings (SSSR count). The fourth-order valence-corrected chi connectivity index (χ4v) is 3.66. The highest BCUT2D eigenvalue weighted by Gasteiger charge is 2.11. The fourth-order valence-electron chi connectivity index (χ4n) is 2.77. The van der Waals surface area contributed by atoms with Crippen molar-refractivity contribution in [2.45, 2.75) is 13.2 Å². The van der Waals surface area contributed by atoms with E-state index in [-0.39, 0.29) is 19.8 Å². The van der Waals surface area contributed by atoms with E-state index in [1.165, 1.54) is 0 Å². The van der Waals surface area contributed by atoms with Crippen molar-refractivity contribution in [1.29, 1.82) is 0 Å². The zero-order valence-corrected chi connectivity index (χ0v) is 15.8. The Kier molecular flexibility index (Phi) is 7.03. The molecule has 0 saturated carbocycles. The van der Waals surface area contributed by atoms with Crippen LogP contribution in [-0.2, 0) is 13.2 Å². The van der Waals surface area contributed by atoms with Crippen molar-refractivity contribution >= 4 is 11.3 Å². The van der Waals surface area contributed by atoms with Crippen molar-refractivity contribution in [2.24, 2.45) is 0 Å². The molecule has 2 aromatic heterocycles. The maximum atomic E-state index is 9.16. The van der Waals surface area contributed by atoms with Gasteiger partial charge < -0.3 is 15.3 Å². The monoisotopic (exact) mass is 385 g/mol. The molecule has 6 nitrogen and oxygen atoms in total. The summed E-state index contributed by atoms with van der Waals surface area (Å²) in [6.07, 6.45) is 1.84. The predicted molar refractivity (Wildman–Crippen MR) is 106 cm³/mol. The first-order valence-electron chi connectivity index (χ1n) is 8.80. The van der Waals surface area contributed by atoms with E-state index in [0.717, 1.165) is 32.4 Å². The Balaban J connectivity index is 1.77. The van der Waals surface area contributed by atoms with Gasteiger partial charge in [-0.05, 0) is 23.3 Å². The highest BCUT2D eigenvalue weighted by molar-refractivity contribution is 7.18. The normalized spacial score (nSPS) is 11.3. The number of aliphatic hydroxyl groups excluding tert-OH is 3. The van der Waals surface area contributed by atoms with Crippen LogP contribution in [0.2, 0.25) is 0 Å². The first-order valence-corrected chi connectivity index (χ1v) is 9.61. The highest BCUT2D eigenvalue weighted by atomic mass is 32.1. The van der Waals surface area contributed by atoms with Gasteiger partial charge in [0.05, 0.1) is 36.1 Å². The summed E-state index contributed by atoms with van der Waals surface area (Å²) in [5.74, 6) is 0. The Labute approximate surface area is 162 Å². The number of hydrogen-bond acceptors (Lipinski definition) is 7. The summed E-state index contributed by atoms with van der Waals surface area (Å²) in [6.45, 7) is 1.69. The standard InChI is InChI=1S/C20H23N3O3S/c24-10-8-23(9-11-25)13-17-2-1-3-18(22-17)20-21-12-19(27-20)16-6-4-15(14-26)5-7-16/h1-7,12,24-26H,8-11,13-14H2. The number of benzene rings is 1. The third kappa shape index (κ3) is 5.18.